The second-order valence-electron chi connectivity index (χ2n) is 5.05. The van der Waals surface area contributed by atoms with Gasteiger partial charge in [0.15, 0.2) is 0 Å². The van der Waals surface area contributed by atoms with Crippen LogP contribution in [0.3, 0.4) is 0 Å². The molecule has 1 heterocycles. The van der Waals surface area contributed by atoms with Crippen molar-refractivity contribution in [1.82, 2.24) is 0 Å². The van der Waals surface area contributed by atoms with Crippen LogP contribution in [0.4, 0.5) is 0 Å². The molecular formula is C13H18OS. The number of benzene rings is 1. The highest BCUT2D eigenvalue weighted by atomic mass is 32.2. The Bertz CT molecular complexity index is 359. The van der Waals surface area contributed by atoms with E-state index in [-0.39, 0.29) is 17.4 Å². The summed E-state index contributed by atoms with van der Waals surface area (Å²) in [5.41, 5.74) is 1.28. The first-order valence-electron chi connectivity index (χ1n) is 5.42. The van der Waals surface area contributed by atoms with Gasteiger partial charge in [-0.05, 0) is 11.6 Å². The van der Waals surface area contributed by atoms with E-state index in [1.807, 2.05) is 11.8 Å². The highest BCUT2D eigenvalue weighted by molar-refractivity contribution is 7.99. The summed E-state index contributed by atoms with van der Waals surface area (Å²) in [5.74, 6) is 1.21. The Morgan fingerprint density at radius 3 is 2.73 bits per heavy atom. The van der Waals surface area contributed by atoms with Gasteiger partial charge < -0.3 is 5.11 Å². The van der Waals surface area contributed by atoms with Crippen molar-refractivity contribution in [3.8, 4) is 0 Å². The Kier molecular flexibility index (Phi) is 2.82. The lowest BCUT2D eigenvalue weighted by molar-refractivity contribution is 0.0473. The van der Waals surface area contributed by atoms with Crippen LogP contribution in [0, 0.1) is 5.41 Å². The van der Waals surface area contributed by atoms with E-state index in [9.17, 15) is 5.11 Å². The minimum absolute atomic E-state index is 0.0108. The van der Waals surface area contributed by atoms with Gasteiger partial charge in [0.1, 0.15) is 0 Å². The highest BCUT2D eigenvalue weighted by Gasteiger charge is 2.36. The molecule has 82 valence electrons. The van der Waals surface area contributed by atoms with Crippen molar-refractivity contribution in [1.29, 1.82) is 0 Å². The van der Waals surface area contributed by atoms with Gasteiger partial charge in [-0.3, -0.25) is 0 Å². The van der Waals surface area contributed by atoms with Crippen molar-refractivity contribution in [2.24, 2.45) is 5.41 Å². The van der Waals surface area contributed by atoms with Crippen molar-refractivity contribution in [2.75, 3.05) is 5.75 Å². The Labute approximate surface area is 95.9 Å². The summed E-state index contributed by atoms with van der Waals surface area (Å²) >= 11 is 1.86. The van der Waals surface area contributed by atoms with Crippen molar-refractivity contribution in [3.63, 3.8) is 0 Å². The second kappa shape index (κ2) is 3.84. The second-order valence-corrected chi connectivity index (χ2v) is 6.07. The van der Waals surface area contributed by atoms with Crippen LogP contribution in [-0.2, 0) is 0 Å². The molecule has 2 heteroatoms. The van der Waals surface area contributed by atoms with Crippen LogP contribution >= 0.6 is 11.8 Å². The predicted octanol–water partition coefficient (Wildman–Crippen LogP) is 3.28. The molecule has 0 saturated heterocycles. The third kappa shape index (κ3) is 1.93. The summed E-state index contributed by atoms with van der Waals surface area (Å²) < 4.78 is 0. The zero-order valence-corrected chi connectivity index (χ0v) is 10.3. The first-order valence-corrected chi connectivity index (χ1v) is 6.41. The quantitative estimate of drug-likeness (QED) is 0.727. The average Bonchev–Trinajstić information content (AvgIpc) is 2.31. The first-order chi connectivity index (χ1) is 7.02. The van der Waals surface area contributed by atoms with Crippen LogP contribution in [0.15, 0.2) is 29.2 Å². The van der Waals surface area contributed by atoms with Gasteiger partial charge in [0, 0.05) is 22.0 Å². The zero-order chi connectivity index (χ0) is 11.1. The van der Waals surface area contributed by atoms with E-state index in [2.05, 4.69) is 45.0 Å². The molecule has 0 amide bonds. The van der Waals surface area contributed by atoms with Crippen molar-refractivity contribution in [2.45, 2.75) is 37.7 Å². The monoisotopic (exact) mass is 222 g/mol. The van der Waals surface area contributed by atoms with E-state index >= 15 is 0 Å². The maximum absolute atomic E-state index is 10.3. The van der Waals surface area contributed by atoms with Gasteiger partial charge in [-0.2, -0.15) is 0 Å². The van der Waals surface area contributed by atoms with E-state index < -0.39 is 0 Å². The van der Waals surface area contributed by atoms with Crippen molar-refractivity contribution >= 4 is 11.8 Å². The maximum atomic E-state index is 10.3. The van der Waals surface area contributed by atoms with Crippen molar-refractivity contribution < 1.29 is 5.11 Å². The molecule has 2 rings (SSSR count). The lowest BCUT2D eigenvalue weighted by Crippen LogP contribution is -2.34. The van der Waals surface area contributed by atoms with Crippen LogP contribution in [0.25, 0.3) is 0 Å². The summed E-state index contributed by atoms with van der Waals surface area (Å²) in [7, 11) is 0. The van der Waals surface area contributed by atoms with Crippen molar-refractivity contribution in [3.05, 3.63) is 29.8 Å². The maximum Gasteiger partial charge on any atom is 0.0665 e. The zero-order valence-electron chi connectivity index (χ0n) is 9.53. The molecule has 1 nitrogen and oxygen atoms in total. The largest absolute Gasteiger partial charge is 0.392 e. The molecule has 0 fully saturated rings. The molecule has 1 aromatic carbocycles. The van der Waals surface area contributed by atoms with Gasteiger partial charge in [0.25, 0.3) is 0 Å². The highest BCUT2D eigenvalue weighted by Crippen LogP contribution is 2.43. The molecule has 1 aliphatic rings. The van der Waals surface area contributed by atoms with Crippen LogP contribution in [0.5, 0.6) is 0 Å². The van der Waals surface area contributed by atoms with Crippen LogP contribution < -0.4 is 0 Å². The molecule has 0 saturated carbocycles. The van der Waals surface area contributed by atoms with E-state index in [0.29, 0.717) is 0 Å². The van der Waals surface area contributed by atoms with Gasteiger partial charge in [0.05, 0.1) is 6.10 Å². The Hall–Kier alpha value is -0.470. The molecule has 0 unspecified atom stereocenters. The third-order valence-electron chi connectivity index (χ3n) is 3.28. The summed E-state index contributed by atoms with van der Waals surface area (Å²) in [5, 5.41) is 10.3. The van der Waals surface area contributed by atoms with E-state index in [0.717, 1.165) is 5.75 Å². The van der Waals surface area contributed by atoms with Gasteiger partial charge >= 0.3 is 0 Å². The molecule has 0 bridgehead atoms. The molecular weight excluding hydrogens is 204 g/mol. The average molecular weight is 222 g/mol. The molecule has 1 N–H and O–H groups in total. The molecule has 0 spiro atoms. The SMILES string of the molecule is C[C@@H]1c2ccccc2SCC(C)(C)[C@@H]1O. The molecule has 0 aliphatic carbocycles. The standard InChI is InChI=1S/C13H18OS/c1-9-10-6-4-5-7-11(10)15-8-13(2,3)12(9)14/h4-7,9,12,14H,8H2,1-3H3/t9-,12-/m1/s1. The fourth-order valence-corrected chi connectivity index (χ4v) is 3.48. The van der Waals surface area contributed by atoms with Crippen LogP contribution in [0.2, 0.25) is 0 Å². The number of fused-ring (bicyclic) bond motifs is 1. The van der Waals surface area contributed by atoms with Crippen LogP contribution in [-0.4, -0.2) is 17.0 Å². The van der Waals surface area contributed by atoms with Gasteiger partial charge in [0.2, 0.25) is 0 Å². The number of hydrogen-bond acceptors (Lipinski definition) is 2. The number of hydrogen-bond donors (Lipinski definition) is 1. The molecule has 0 aromatic heterocycles. The minimum Gasteiger partial charge on any atom is -0.392 e. The third-order valence-corrected chi connectivity index (χ3v) is 4.85. The Balaban J connectivity index is 2.43. The molecule has 15 heavy (non-hydrogen) atoms. The summed E-state index contributed by atoms with van der Waals surface area (Å²) in [6.07, 6.45) is -0.256. The minimum atomic E-state index is -0.256. The topological polar surface area (TPSA) is 20.2 Å². The summed E-state index contributed by atoms with van der Waals surface area (Å²) in [6, 6.07) is 8.42. The lowest BCUT2D eigenvalue weighted by Gasteiger charge is -2.31. The molecule has 0 radical (unpaired) electrons. The van der Waals surface area contributed by atoms with Crippen LogP contribution in [0.1, 0.15) is 32.3 Å². The number of aliphatic hydroxyl groups excluding tert-OH is 1. The van der Waals surface area contributed by atoms with E-state index in [4.69, 9.17) is 0 Å². The van der Waals surface area contributed by atoms with Gasteiger partial charge in [-0.25, -0.2) is 0 Å². The normalized spacial score (nSPS) is 29.3. The fraction of sp³-hybridized carbons (Fsp3) is 0.538. The smallest absolute Gasteiger partial charge is 0.0665 e. The van der Waals surface area contributed by atoms with Gasteiger partial charge in [-0.15, -0.1) is 11.8 Å². The Morgan fingerprint density at radius 2 is 2.00 bits per heavy atom. The Morgan fingerprint density at radius 1 is 1.33 bits per heavy atom. The van der Waals surface area contributed by atoms with E-state index in [1.54, 1.807) is 0 Å². The number of thioether (sulfide) groups is 1. The summed E-state index contributed by atoms with van der Waals surface area (Å²) in [6.45, 7) is 6.41. The van der Waals surface area contributed by atoms with E-state index in [1.165, 1.54) is 10.5 Å². The lowest BCUT2D eigenvalue weighted by atomic mass is 9.79. The predicted molar refractivity (Wildman–Crippen MR) is 65.4 cm³/mol. The molecule has 2 atom stereocenters. The number of aliphatic hydroxyl groups is 1. The first kappa shape index (κ1) is 11.0. The van der Waals surface area contributed by atoms with Gasteiger partial charge in [-0.1, -0.05) is 39.0 Å². The number of rotatable bonds is 0. The summed E-state index contributed by atoms with van der Waals surface area (Å²) in [4.78, 5) is 1.33. The fourth-order valence-electron chi connectivity index (χ4n) is 2.18. The molecule has 1 aromatic rings. The molecule has 1 aliphatic heterocycles.